The molecule has 1 heterocycles. The van der Waals surface area contributed by atoms with Gasteiger partial charge < -0.3 is 23.7 Å². The SMILES string of the molecule is COC(=O)COC1(c2ccc(OCc3ccc(Oc4ccccc4)cc3)cc2)COC1. The predicted molar refractivity (Wildman–Crippen MR) is 114 cm³/mol. The third kappa shape index (κ3) is 5.23. The summed E-state index contributed by atoms with van der Waals surface area (Å²) in [6.07, 6.45) is 0. The second kappa shape index (κ2) is 9.64. The fourth-order valence-corrected chi connectivity index (χ4v) is 3.18. The van der Waals surface area contributed by atoms with Gasteiger partial charge in [0.05, 0.1) is 20.3 Å². The molecule has 31 heavy (non-hydrogen) atoms. The van der Waals surface area contributed by atoms with Crippen molar-refractivity contribution in [3.8, 4) is 17.2 Å². The van der Waals surface area contributed by atoms with E-state index < -0.39 is 11.6 Å². The molecule has 6 heteroatoms. The summed E-state index contributed by atoms with van der Waals surface area (Å²) in [4.78, 5) is 11.4. The lowest BCUT2D eigenvalue weighted by atomic mass is 9.91. The van der Waals surface area contributed by atoms with Gasteiger partial charge in [-0.3, -0.25) is 0 Å². The number of methoxy groups -OCH3 is 1. The van der Waals surface area contributed by atoms with Gasteiger partial charge in [-0.1, -0.05) is 42.5 Å². The molecule has 0 N–H and O–H groups in total. The average Bonchev–Trinajstić information content (AvgIpc) is 2.79. The zero-order valence-corrected chi connectivity index (χ0v) is 17.3. The molecule has 1 aliphatic rings. The maximum absolute atomic E-state index is 11.4. The monoisotopic (exact) mass is 420 g/mol. The zero-order chi connectivity index (χ0) is 21.5. The summed E-state index contributed by atoms with van der Waals surface area (Å²) in [7, 11) is 1.34. The Balaban J connectivity index is 1.31. The average molecular weight is 420 g/mol. The minimum atomic E-state index is -0.610. The van der Waals surface area contributed by atoms with Gasteiger partial charge in [0.2, 0.25) is 0 Å². The first-order valence-electron chi connectivity index (χ1n) is 10.0. The third-order valence-corrected chi connectivity index (χ3v) is 5.05. The number of hydrogen-bond acceptors (Lipinski definition) is 6. The summed E-state index contributed by atoms with van der Waals surface area (Å²) in [6.45, 7) is 1.14. The van der Waals surface area contributed by atoms with Crippen molar-refractivity contribution in [2.45, 2.75) is 12.2 Å². The lowest BCUT2D eigenvalue weighted by Gasteiger charge is -2.41. The number of carbonyl (C=O) groups is 1. The highest BCUT2D eigenvalue weighted by molar-refractivity contribution is 5.70. The van der Waals surface area contributed by atoms with E-state index in [4.69, 9.17) is 18.9 Å². The van der Waals surface area contributed by atoms with E-state index in [2.05, 4.69) is 4.74 Å². The van der Waals surface area contributed by atoms with Crippen molar-refractivity contribution in [2.75, 3.05) is 26.9 Å². The second-order valence-corrected chi connectivity index (χ2v) is 7.22. The van der Waals surface area contributed by atoms with Crippen LogP contribution in [0, 0.1) is 0 Å². The molecule has 1 saturated heterocycles. The Morgan fingerprint density at radius 1 is 0.871 bits per heavy atom. The summed E-state index contributed by atoms with van der Waals surface area (Å²) in [5.41, 5.74) is 1.37. The normalized spacial score (nSPS) is 14.4. The quantitative estimate of drug-likeness (QED) is 0.476. The van der Waals surface area contributed by atoms with Gasteiger partial charge in [-0.25, -0.2) is 4.79 Å². The Kier molecular flexibility index (Phi) is 6.50. The van der Waals surface area contributed by atoms with Gasteiger partial charge >= 0.3 is 5.97 Å². The van der Waals surface area contributed by atoms with E-state index in [-0.39, 0.29) is 6.61 Å². The predicted octanol–water partition coefficient (Wildman–Crippen LogP) is 4.47. The van der Waals surface area contributed by atoms with Crippen LogP contribution in [0.3, 0.4) is 0 Å². The molecule has 160 valence electrons. The van der Waals surface area contributed by atoms with E-state index in [0.29, 0.717) is 19.8 Å². The lowest BCUT2D eigenvalue weighted by molar-refractivity contribution is -0.220. The number of carbonyl (C=O) groups excluding carboxylic acids is 1. The maximum atomic E-state index is 11.4. The summed E-state index contributed by atoms with van der Waals surface area (Å²) in [6, 6.07) is 25.1. The first-order valence-corrected chi connectivity index (χ1v) is 10.0. The highest BCUT2D eigenvalue weighted by Crippen LogP contribution is 2.34. The van der Waals surface area contributed by atoms with Crippen LogP contribution in [0.1, 0.15) is 11.1 Å². The van der Waals surface area contributed by atoms with E-state index in [0.717, 1.165) is 28.4 Å². The number of rotatable bonds is 9. The summed E-state index contributed by atoms with van der Waals surface area (Å²) >= 11 is 0. The Bertz CT molecular complexity index is 979. The molecule has 0 aromatic heterocycles. The van der Waals surface area contributed by atoms with Crippen LogP contribution in [0.25, 0.3) is 0 Å². The van der Waals surface area contributed by atoms with Gasteiger partial charge in [-0.15, -0.1) is 0 Å². The van der Waals surface area contributed by atoms with Crippen LogP contribution in [0.15, 0.2) is 78.9 Å². The molecule has 1 fully saturated rings. The van der Waals surface area contributed by atoms with Gasteiger partial charge in [0.15, 0.2) is 0 Å². The van der Waals surface area contributed by atoms with Gasteiger partial charge in [0.25, 0.3) is 0 Å². The van der Waals surface area contributed by atoms with Crippen molar-refractivity contribution in [1.29, 1.82) is 0 Å². The Morgan fingerprint density at radius 2 is 1.52 bits per heavy atom. The second-order valence-electron chi connectivity index (χ2n) is 7.22. The largest absolute Gasteiger partial charge is 0.489 e. The Labute approximate surface area is 181 Å². The number of para-hydroxylation sites is 1. The van der Waals surface area contributed by atoms with Crippen LogP contribution in [-0.2, 0) is 31.2 Å². The topological polar surface area (TPSA) is 63.2 Å². The van der Waals surface area contributed by atoms with E-state index in [1.807, 2.05) is 78.9 Å². The molecule has 0 spiro atoms. The van der Waals surface area contributed by atoms with Crippen molar-refractivity contribution < 1.29 is 28.5 Å². The number of esters is 1. The fraction of sp³-hybridized carbons (Fsp3) is 0.240. The summed E-state index contributed by atoms with van der Waals surface area (Å²) in [5, 5.41) is 0. The zero-order valence-electron chi connectivity index (χ0n) is 17.3. The van der Waals surface area contributed by atoms with Gasteiger partial charge in [0.1, 0.15) is 36.1 Å². The van der Waals surface area contributed by atoms with Crippen molar-refractivity contribution in [3.63, 3.8) is 0 Å². The van der Waals surface area contributed by atoms with Crippen LogP contribution >= 0.6 is 0 Å². The van der Waals surface area contributed by atoms with Crippen molar-refractivity contribution in [1.82, 2.24) is 0 Å². The highest BCUT2D eigenvalue weighted by Gasteiger charge is 2.42. The number of benzene rings is 3. The summed E-state index contributed by atoms with van der Waals surface area (Å²) in [5.74, 6) is 1.92. The molecule has 1 aliphatic heterocycles. The molecule has 0 unspecified atom stereocenters. The van der Waals surface area contributed by atoms with E-state index in [1.165, 1.54) is 7.11 Å². The van der Waals surface area contributed by atoms with Gasteiger partial charge in [-0.2, -0.15) is 0 Å². The molecule has 0 amide bonds. The molecule has 0 aliphatic carbocycles. The molecule has 0 radical (unpaired) electrons. The molecule has 0 bridgehead atoms. The standard InChI is InChI=1S/C25H24O6/c1-27-24(26)16-30-25(17-28-18-25)20-9-13-21(14-10-20)29-15-19-7-11-23(12-8-19)31-22-5-3-2-4-6-22/h2-14H,15-18H2,1H3. The van der Waals surface area contributed by atoms with E-state index >= 15 is 0 Å². The smallest absolute Gasteiger partial charge is 0.331 e. The van der Waals surface area contributed by atoms with Crippen LogP contribution in [-0.4, -0.2) is 32.9 Å². The molecule has 3 aromatic rings. The summed E-state index contributed by atoms with van der Waals surface area (Å²) < 4.78 is 27.5. The van der Waals surface area contributed by atoms with Crippen molar-refractivity contribution in [2.24, 2.45) is 0 Å². The van der Waals surface area contributed by atoms with E-state index in [9.17, 15) is 4.79 Å². The first kappa shape index (κ1) is 20.9. The van der Waals surface area contributed by atoms with E-state index in [1.54, 1.807) is 0 Å². The molecular formula is C25H24O6. The Morgan fingerprint density at radius 3 is 2.13 bits per heavy atom. The third-order valence-electron chi connectivity index (χ3n) is 5.05. The highest BCUT2D eigenvalue weighted by atomic mass is 16.6. The van der Waals surface area contributed by atoms with Crippen LogP contribution < -0.4 is 9.47 Å². The lowest BCUT2D eigenvalue weighted by Crippen LogP contribution is -2.49. The Hall–Kier alpha value is -3.35. The van der Waals surface area contributed by atoms with Crippen LogP contribution in [0.5, 0.6) is 17.2 Å². The maximum Gasteiger partial charge on any atom is 0.331 e. The molecule has 6 nitrogen and oxygen atoms in total. The number of hydrogen-bond donors (Lipinski definition) is 0. The molecular weight excluding hydrogens is 396 g/mol. The van der Waals surface area contributed by atoms with Gasteiger partial charge in [-0.05, 0) is 47.5 Å². The molecule has 3 aromatic carbocycles. The minimum absolute atomic E-state index is 0.109. The molecule has 0 atom stereocenters. The minimum Gasteiger partial charge on any atom is -0.489 e. The van der Waals surface area contributed by atoms with Crippen LogP contribution in [0.2, 0.25) is 0 Å². The first-order chi connectivity index (χ1) is 15.2. The fourth-order valence-electron chi connectivity index (χ4n) is 3.18. The molecule has 4 rings (SSSR count). The van der Waals surface area contributed by atoms with Crippen molar-refractivity contribution >= 4 is 5.97 Å². The molecule has 0 saturated carbocycles. The van der Waals surface area contributed by atoms with Gasteiger partial charge in [0, 0.05) is 0 Å². The van der Waals surface area contributed by atoms with Crippen molar-refractivity contribution in [3.05, 3.63) is 90.0 Å². The number of ether oxygens (including phenoxy) is 5. The van der Waals surface area contributed by atoms with Crippen LogP contribution in [0.4, 0.5) is 0 Å².